The molecule has 0 aliphatic heterocycles. The molecule has 0 aliphatic carbocycles. The smallest absolute Gasteiger partial charge is 0.257 e. The third-order valence-corrected chi connectivity index (χ3v) is 3.12. The molecule has 2 aromatic carbocycles. The Labute approximate surface area is 121 Å². The van der Waals surface area contributed by atoms with Crippen LogP contribution in [0.3, 0.4) is 0 Å². The van der Waals surface area contributed by atoms with Crippen molar-refractivity contribution >= 4 is 22.5 Å². The Morgan fingerprint density at radius 2 is 1.86 bits per heavy atom. The third-order valence-electron chi connectivity index (χ3n) is 3.12. The maximum absolute atomic E-state index is 12.2. The topological polar surface area (TPSA) is 65.8 Å². The van der Waals surface area contributed by atoms with Crippen molar-refractivity contribution in [1.82, 2.24) is 4.98 Å². The van der Waals surface area contributed by atoms with E-state index in [1.165, 1.54) is 0 Å². The summed E-state index contributed by atoms with van der Waals surface area (Å²) in [4.78, 5) is 16.5. The predicted molar refractivity (Wildman–Crippen MR) is 80.9 cm³/mol. The minimum atomic E-state index is -0.224. The van der Waals surface area contributed by atoms with Gasteiger partial charge in [0.2, 0.25) is 0 Å². The summed E-state index contributed by atoms with van der Waals surface area (Å²) in [6.45, 7) is 0. The second-order valence-electron chi connectivity index (χ2n) is 4.56. The van der Waals surface area contributed by atoms with E-state index in [1.807, 2.05) is 30.3 Å². The van der Waals surface area contributed by atoms with Crippen LogP contribution in [-0.2, 0) is 0 Å². The standard InChI is InChI=1S/C17H11N3O/c18-10-12-5-7-15(8-6-12)20-17(21)14-9-13-3-1-2-4-16(13)19-11-14/h1-9,11H,(H,20,21). The zero-order valence-electron chi connectivity index (χ0n) is 11.1. The lowest BCUT2D eigenvalue weighted by Crippen LogP contribution is -2.12. The first-order valence-electron chi connectivity index (χ1n) is 6.42. The number of amides is 1. The van der Waals surface area contributed by atoms with Crippen molar-refractivity contribution in [2.24, 2.45) is 0 Å². The minimum absolute atomic E-state index is 0.224. The van der Waals surface area contributed by atoms with E-state index in [2.05, 4.69) is 10.3 Å². The van der Waals surface area contributed by atoms with E-state index in [0.717, 1.165) is 10.9 Å². The zero-order chi connectivity index (χ0) is 14.7. The lowest BCUT2D eigenvalue weighted by molar-refractivity contribution is 0.102. The molecule has 3 rings (SSSR count). The average molecular weight is 273 g/mol. The highest BCUT2D eigenvalue weighted by Gasteiger charge is 2.07. The molecule has 1 amide bonds. The van der Waals surface area contributed by atoms with Gasteiger partial charge in [0.1, 0.15) is 0 Å². The fraction of sp³-hybridized carbons (Fsp3) is 0. The van der Waals surface area contributed by atoms with E-state index >= 15 is 0 Å². The molecule has 0 saturated heterocycles. The van der Waals surface area contributed by atoms with Crippen LogP contribution < -0.4 is 5.32 Å². The molecule has 0 bridgehead atoms. The van der Waals surface area contributed by atoms with Gasteiger partial charge in [0.25, 0.3) is 5.91 Å². The van der Waals surface area contributed by atoms with Crippen molar-refractivity contribution in [2.75, 3.05) is 5.32 Å². The number of carbonyl (C=O) groups excluding carboxylic acids is 1. The maximum Gasteiger partial charge on any atom is 0.257 e. The second-order valence-corrected chi connectivity index (χ2v) is 4.56. The number of rotatable bonds is 2. The number of nitrogens with one attached hydrogen (secondary N) is 1. The number of carbonyl (C=O) groups is 1. The molecule has 0 radical (unpaired) electrons. The van der Waals surface area contributed by atoms with Gasteiger partial charge in [-0.2, -0.15) is 5.26 Å². The first-order valence-corrected chi connectivity index (χ1v) is 6.42. The number of para-hydroxylation sites is 1. The molecule has 0 aliphatic rings. The van der Waals surface area contributed by atoms with Gasteiger partial charge < -0.3 is 5.32 Å². The Bertz CT molecular complexity index is 848. The number of hydrogen-bond acceptors (Lipinski definition) is 3. The monoisotopic (exact) mass is 273 g/mol. The van der Waals surface area contributed by atoms with E-state index in [1.54, 1.807) is 36.5 Å². The molecule has 3 aromatic rings. The van der Waals surface area contributed by atoms with Crippen LogP contribution in [0.4, 0.5) is 5.69 Å². The van der Waals surface area contributed by atoms with Crippen molar-refractivity contribution < 1.29 is 4.79 Å². The number of nitriles is 1. The van der Waals surface area contributed by atoms with E-state index in [0.29, 0.717) is 16.8 Å². The van der Waals surface area contributed by atoms with Crippen LogP contribution in [0.2, 0.25) is 0 Å². The van der Waals surface area contributed by atoms with Gasteiger partial charge in [-0.3, -0.25) is 9.78 Å². The average Bonchev–Trinajstić information content (AvgIpc) is 2.55. The Balaban J connectivity index is 1.84. The number of benzene rings is 2. The van der Waals surface area contributed by atoms with Crippen LogP contribution in [0, 0.1) is 11.3 Å². The number of nitrogens with zero attached hydrogens (tertiary/aromatic N) is 2. The largest absolute Gasteiger partial charge is 0.322 e. The number of anilines is 1. The maximum atomic E-state index is 12.2. The lowest BCUT2D eigenvalue weighted by atomic mass is 10.1. The number of pyridine rings is 1. The summed E-state index contributed by atoms with van der Waals surface area (Å²) in [6, 6.07) is 18.2. The molecule has 21 heavy (non-hydrogen) atoms. The Morgan fingerprint density at radius 1 is 1.10 bits per heavy atom. The van der Waals surface area contributed by atoms with Crippen LogP contribution in [0.5, 0.6) is 0 Å². The predicted octanol–water partition coefficient (Wildman–Crippen LogP) is 3.36. The van der Waals surface area contributed by atoms with E-state index in [9.17, 15) is 4.79 Å². The van der Waals surface area contributed by atoms with Gasteiger partial charge in [-0.05, 0) is 36.4 Å². The molecule has 0 spiro atoms. The van der Waals surface area contributed by atoms with Gasteiger partial charge in [-0.25, -0.2) is 0 Å². The molecule has 0 fully saturated rings. The van der Waals surface area contributed by atoms with Gasteiger partial charge in [0, 0.05) is 17.3 Å². The Morgan fingerprint density at radius 3 is 2.62 bits per heavy atom. The van der Waals surface area contributed by atoms with Gasteiger partial charge >= 0.3 is 0 Å². The summed E-state index contributed by atoms with van der Waals surface area (Å²) in [7, 11) is 0. The van der Waals surface area contributed by atoms with Gasteiger partial charge in [-0.15, -0.1) is 0 Å². The molecule has 0 atom stereocenters. The van der Waals surface area contributed by atoms with Crippen molar-refractivity contribution in [1.29, 1.82) is 5.26 Å². The van der Waals surface area contributed by atoms with E-state index in [-0.39, 0.29) is 5.91 Å². The highest BCUT2D eigenvalue weighted by atomic mass is 16.1. The quantitative estimate of drug-likeness (QED) is 0.778. The molecule has 1 aromatic heterocycles. The van der Waals surface area contributed by atoms with E-state index < -0.39 is 0 Å². The van der Waals surface area contributed by atoms with Crippen LogP contribution in [0.25, 0.3) is 10.9 Å². The Kier molecular flexibility index (Phi) is 3.32. The zero-order valence-corrected chi connectivity index (χ0v) is 11.1. The molecular weight excluding hydrogens is 262 g/mol. The first-order chi connectivity index (χ1) is 10.3. The van der Waals surface area contributed by atoms with Crippen LogP contribution in [0.1, 0.15) is 15.9 Å². The summed E-state index contributed by atoms with van der Waals surface area (Å²) >= 11 is 0. The van der Waals surface area contributed by atoms with Gasteiger partial charge in [0.05, 0.1) is 22.7 Å². The number of aromatic nitrogens is 1. The summed E-state index contributed by atoms with van der Waals surface area (Å²) in [5.74, 6) is -0.224. The SMILES string of the molecule is N#Cc1ccc(NC(=O)c2cnc3ccccc3c2)cc1. The van der Waals surface area contributed by atoms with Crippen molar-refractivity contribution in [3.8, 4) is 6.07 Å². The number of fused-ring (bicyclic) bond motifs is 1. The van der Waals surface area contributed by atoms with Crippen LogP contribution in [-0.4, -0.2) is 10.9 Å². The second kappa shape index (κ2) is 5.43. The Hall–Kier alpha value is -3.19. The molecule has 1 heterocycles. The van der Waals surface area contributed by atoms with Crippen molar-refractivity contribution in [3.63, 3.8) is 0 Å². The highest BCUT2D eigenvalue weighted by molar-refractivity contribution is 6.05. The molecule has 4 heteroatoms. The molecule has 4 nitrogen and oxygen atoms in total. The first kappa shape index (κ1) is 12.8. The molecule has 0 unspecified atom stereocenters. The summed E-state index contributed by atoms with van der Waals surface area (Å²) in [6.07, 6.45) is 1.56. The fourth-order valence-electron chi connectivity index (χ4n) is 2.03. The molecule has 0 saturated carbocycles. The summed E-state index contributed by atoms with van der Waals surface area (Å²) in [5.41, 5.74) is 2.55. The van der Waals surface area contributed by atoms with Crippen molar-refractivity contribution in [3.05, 3.63) is 71.9 Å². The van der Waals surface area contributed by atoms with Crippen LogP contribution >= 0.6 is 0 Å². The van der Waals surface area contributed by atoms with E-state index in [4.69, 9.17) is 5.26 Å². The van der Waals surface area contributed by atoms with Gasteiger partial charge in [-0.1, -0.05) is 18.2 Å². The number of hydrogen-bond donors (Lipinski definition) is 1. The fourth-order valence-corrected chi connectivity index (χ4v) is 2.03. The van der Waals surface area contributed by atoms with Crippen LogP contribution in [0.15, 0.2) is 60.8 Å². The third kappa shape index (κ3) is 2.72. The van der Waals surface area contributed by atoms with Crippen molar-refractivity contribution in [2.45, 2.75) is 0 Å². The lowest BCUT2D eigenvalue weighted by Gasteiger charge is -2.06. The molecule has 1 N–H and O–H groups in total. The molecular formula is C17H11N3O. The normalized spacial score (nSPS) is 10.0. The minimum Gasteiger partial charge on any atom is -0.322 e. The van der Waals surface area contributed by atoms with Gasteiger partial charge in [0.15, 0.2) is 0 Å². The molecule has 100 valence electrons. The highest BCUT2D eigenvalue weighted by Crippen LogP contribution is 2.15. The summed E-state index contributed by atoms with van der Waals surface area (Å²) < 4.78 is 0. The summed E-state index contributed by atoms with van der Waals surface area (Å²) in [5, 5.41) is 12.5.